The number of rotatable bonds is 15. The Labute approximate surface area is 445 Å². The Bertz CT molecular complexity index is 2400. The lowest BCUT2D eigenvalue weighted by atomic mass is 9.42. The molecule has 7 aliphatic rings. The lowest BCUT2D eigenvalue weighted by molar-refractivity contribution is -0.352. The molecule has 0 radical (unpaired) electrons. The molecule has 2 aromatic rings. The van der Waals surface area contributed by atoms with Gasteiger partial charge in [0.2, 0.25) is 0 Å². The molecule has 5 N–H and O–H groups in total. The number of aliphatic hydroxyl groups excluding tert-OH is 2. The van der Waals surface area contributed by atoms with Crippen LogP contribution in [-0.2, 0) is 56.9 Å². The van der Waals surface area contributed by atoms with Crippen molar-refractivity contribution in [3.63, 3.8) is 0 Å². The van der Waals surface area contributed by atoms with E-state index >= 15 is 0 Å². The maximum atomic E-state index is 13.9. The molecule has 3 saturated carbocycles. The minimum atomic E-state index is -2.01. The van der Waals surface area contributed by atoms with Gasteiger partial charge >= 0.3 is 11.9 Å². The number of carbonyl (C=O) groups excluding carboxylic acids is 2. The molecule has 1 aromatic heterocycles. The number of methoxy groups -OCH3 is 3. The summed E-state index contributed by atoms with van der Waals surface area (Å²) >= 11 is 0. The zero-order chi connectivity index (χ0) is 54.5. The van der Waals surface area contributed by atoms with E-state index in [0.29, 0.717) is 32.1 Å². The summed E-state index contributed by atoms with van der Waals surface area (Å²) in [5, 5.41) is 61.0. The van der Waals surface area contributed by atoms with Gasteiger partial charge in [0.25, 0.3) is 0 Å². The highest BCUT2D eigenvalue weighted by Gasteiger charge is 2.81. The van der Waals surface area contributed by atoms with Gasteiger partial charge < -0.3 is 77.6 Å². The van der Waals surface area contributed by atoms with Crippen LogP contribution < -0.4 is 0 Å². The van der Waals surface area contributed by atoms with Gasteiger partial charge in [-0.2, -0.15) is 0 Å². The van der Waals surface area contributed by atoms with Crippen LogP contribution in [0.5, 0.6) is 0 Å². The van der Waals surface area contributed by atoms with Crippen LogP contribution in [0.3, 0.4) is 0 Å². The molecule has 4 heterocycles. The van der Waals surface area contributed by atoms with Gasteiger partial charge in [0.15, 0.2) is 18.9 Å². The first kappa shape index (κ1) is 56.9. The summed E-state index contributed by atoms with van der Waals surface area (Å²) in [6, 6.07) is 12.5. The minimum absolute atomic E-state index is 0.0534. The maximum Gasteiger partial charge on any atom is 0.340 e. The van der Waals surface area contributed by atoms with Crippen LogP contribution in [-0.4, -0.2) is 179 Å². The fraction of sp³-hybridized carbons (Fsp3) is 0.702. The molecule has 0 spiro atoms. The Balaban J connectivity index is 0.881. The Morgan fingerprint density at radius 1 is 0.776 bits per heavy atom. The highest BCUT2D eigenvalue weighted by atomic mass is 16.8. The van der Waals surface area contributed by atoms with Gasteiger partial charge in [-0.15, -0.1) is 0 Å². The van der Waals surface area contributed by atoms with Crippen molar-refractivity contribution in [3.05, 3.63) is 83.7 Å². The van der Waals surface area contributed by atoms with Crippen molar-refractivity contribution in [3.8, 4) is 0 Å². The number of benzene rings is 1. The third-order valence-electron chi connectivity index (χ3n) is 18.8. The number of aliphatic hydroxyl groups is 5. The molecule has 76 heavy (non-hydrogen) atoms. The molecular formula is C57H79NO18. The zero-order valence-electron chi connectivity index (χ0n) is 45.1. The van der Waals surface area contributed by atoms with Crippen molar-refractivity contribution in [2.45, 2.75) is 214 Å². The second kappa shape index (κ2) is 22.4. The molecule has 4 aliphatic carbocycles. The van der Waals surface area contributed by atoms with Crippen LogP contribution in [0.1, 0.15) is 115 Å². The van der Waals surface area contributed by atoms with E-state index in [4.69, 9.17) is 52.1 Å². The maximum absolute atomic E-state index is 13.9. The number of hydrogen-bond acceptors (Lipinski definition) is 19. The largest absolute Gasteiger partial charge is 0.458 e. The van der Waals surface area contributed by atoms with Gasteiger partial charge in [0.1, 0.15) is 59.5 Å². The second-order valence-electron chi connectivity index (χ2n) is 22.7. The lowest BCUT2D eigenvalue weighted by Crippen LogP contribution is -2.78. The van der Waals surface area contributed by atoms with Crippen molar-refractivity contribution in [1.29, 1.82) is 0 Å². The molecule has 0 amide bonds. The number of nitrogens with zero attached hydrogens (tertiary/aromatic N) is 1. The van der Waals surface area contributed by atoms with E-state index in [1.54, 1.807) is 53.2 Å². The number of aromatic nitrogens is 1. The predicted molar refractivity (Wildman–Crippen MR) is 271 cm³/mol. The highest BCUT2D eigenvalue weighted by Crippen LogP contribution is 2.71. The fourth-order valence-electron chi connectivity index (χ4n) is 14.3. The number of esters is 2. The highest BCUT2D eigenvalue weighted by molar-refractivity contribution is 5.89. The molecular weight excluding hydrogens is 987 g/mol. The number of fused-ring (bicyclic) bond motifs is 5. The first-order valence-corrected chi connectivity index (χ1v) is 26.9. The van der Waals surface area contributed by atoms with Crippen molar-refractivity contribution in [2.24, 2.45) is 16.7 Å². The van der Waals surface area contributed by atoms with Gasteiger partial charge in [-0.05, 0) is 102 Å². The summed E-state index contributed by atoms with van der Waals surface area (Å²) in [6.07, 6.45) is -1.79. The zero-order valence-corrected chi connectivity index (χ0v) is 45.1. The van der Waals surface area contributed by atoms with Gasteiger partial charge in [-0.1, -0.05) is 55.8 Å². The summed E-state index contributed by atoms with van der Waals surface area (Å²) < 4.78 is 68.0. The molecule has 0 unspecified atom stereocenters. The molecule has 9 rings (SSSR count). The Morgan fingerprint density at radius 2 is 1.45 bits per heavy atom. The number of hydrogen-bond donors (Lipinski definition) is 5. The molecule has 22 atom stereocenters. The topological polar surface area (TPSA) is 250 Å². The summed E-state index contributed by atoms with van der Waals surface area (Å²) in [7, 11) is 4.60. The SMILES string of the molecule is CO[C@@H]1[C@@H](O)[C@H](O[C@@H]2[C@@H](C)O[C@@H](O[C@H]3[C@@H](OC)C[C@H](O[C@H]4CC[C@@]5(C)C(=CC[C@]6(O)[C@@H]5C[C@@H](OC(=O)/C=C/c5ccccc5)[C@@]5(C)[C@@]6(O)CC[C@@]5(O)[C@H](C)OC(=O)c5cccnc5)C4)O[C@@H]3C)C[C@H]2OC)O[C@H](C)[C@H]1O. The van der Waals surface area contributed by atoms with Crippen LogP contribution in [0.4, 0.5) is 0 Å². The van der Waals surface area contributed by atoms with E-state index in [-0.39, 0.29) is 37.4 Å². The first-order chi connectivity index (χ1) is 36.1. The molecule has 3 saturated heterocycles. The second-order valence-corrected chi connectivity index (χ2v) is 22.7. The van der Waals surface area contributed by atoms with E-state index < -0.39 is 138 Å². The predicted octanol–water partition coefficient (Wildman–Crippen LogP) is 4.72. The van der Waals surface area contributed by atoms with Crippen LogP contribution in [0, 0.1) is 16.7 Å². The molecule has 420 valence electrons. The summed E-state index contributed by atoms with van der Waals surface area (Å²) in [5.41, 5.74) is -6.13. The molecule has 1 aromatic carbocycles. The Morgan fingerprint density at radius 3 is 2.09 bits per heavy atom. The van der Waals surface area contributed by atoms with Crippen molar-refractivity contribution in [1.82, 2.24) is 4.98 Å². The fourth-order valence-corrected chi connectivity index (χ4v) is 14.3. The van der Waals surface area contributed by atoms with E-state index in [2.05, 4.69) is 11.9 Å². The summed E-state index contributed by atoms with van der Waals surface area (Å²) in [6.45, 7) is 10.7. The van der Waals surface area contributed by atoms with Crippen molar-refractivity contribution < 1.29 is 87.2 Å². The van der Waals surface area contributed by atoms with Gasteiger partial charge in [-0.25, -0.2) is 9.59 Å². The summed E-state index contributed by atoms with van der Waals surface area (Å²) in [4.78, 5) is 31.4. The van der Waals surface area contributed by atoms with Crippen LogP contribution in [0.25, 0.3) is 6.08 Å². The van der Waals surface area contributed by atoms with Gasteiger partial charge in [-0.3, -0.25) is 4.98 Å². The quantitative estimate of drug-likeness (QED) is 0.0919. The third-order valence-corrected chi connectivity index (χ3v) is 18.8. The Kier molecular flexibility index (Phi) is 16.8. The van der Waals surface area contributed by atoms with Crippen molar-refractivity contribution >= 4 is 18.0 Å². The van der Waals surface area contributed by atoms with E-state index in [1.807, 2.05) is 50.3 Å². The average Bonchev–Trinajstić information content (AvgIpc) is 3.26. The lowest BCUT2D eigenvalue weighted by Gasteiger charge is -2.67. The monoisotopic (exact) mass is 1070 g/mol. The number of ether oxygens (including phenoxy) is 11. The standard InChI is InChI=1S/C57H79NO18/c1-31-46(60)50(68-9)47(61)52(71-31)76-49-33(3)70-45(28-40(49)67-8)75-48-32(2)69-44(27-39(48)66-7)73-38-20-21-53(5)37(26-38)19-22-56(64)41(53)29-42(74-43(59)18-17-35-14-11-10-12-15-35)54(6)55(63,23-24-57(54,56)65)34(4)72-51(62)36-16-13-25-58-30-36/h10-19,25,30-34,38-42,44-50,52,60-61,63-65H,20-24,26-29H2,1-9H3/b18-17+/t31-,32-,33-,34+,38+,39+,40-,41-,42-,44+,45+,46-,47-,48-,49-,50+,52+,53+,54-,55-,56+,57+/m1/s1. The smallest absolute Gasteiger partial charge is 0.340 e. The molecule has 19 heteroatoms. The normalized spacial score (nSPS) is 44.7. The van der Waals surface area contributed by atoms with Crippen LogP contribution in [0.15, 0.2) is 72.6 Å². The van der Waals surface area contributed by atoms with E-state index in [1.165, 1.54) is 25.6 Å². The molecule has 19 nitrogen and oxygen atoms in total. The Hall–Kier alpha value is -3.77. The number of pyridine rings is 1. The molecule has 3 aliphatic heterocycles. The number of carbonyl (C=O) groups is 2. The third kappa shape index (κ3) is 10.0. The molecule has 6 fully saturated rings. The van der Waals surface area contributed by atoms with Crippen LogP contribution in [0.2, 0.25) is 0 Å². The van der Waals surface area contributed by atoms with Crippen LogP contribution >= 0.6 is 0 Å². The minimum Gasteiger partial charge on any atom is -0.458 e. The average molecular weight is 1070 g/mol. The summed E-state index contributed by atoms with van der Waals surface area (Å²) in [5.74, 6) is -2.02. The van der Waals surface area contributed by atoms with E-state index in [9.17, 15) is 35.1 Å². The van der Waals surface area contributed by atoms with Gasteiger partial charge in [0, 0.05) is 58.6 Å². The molecule has 0 bridgehead atoms. The first-order valence-electron chi connectivity index (χ1n) is 26.9. The van der Waals surface area contributed by atoms with Gasteiger partial charge in [0.05, 0.1) is 47.6 Å². The van der Waals surface area contributed by atoms with Crippen molar-refractivity contribution in [2.75, 3.05) is 21.3 Å². The van der Waals surface area contributed by atoms with E-state index in [0.717, 1.165) is 11.1 Å².